The average Bonchev–Trinajstić information content (AvgIpc) is 2.96. The average molecular weight is 222 g/mol. The van der Waals surface area contributed by atoms with Crippen LogP contribution in [0.25, 0.3) is 0 Å². The molecule has 0 radical (unpaired) electrons. The van der Waals surface area contributed by atoms with Crippen LogP contribution in [0.15, 0.2) is 17.5 Å². The van der Waals surface area contributed by atoms with E-state index in [0.29, 0.717) is 0 Å². The van der Waals surface area contributed by atoms with Gasteiger partial charge in [0.25, 0.3) is 0 Å². The molecular formula is C12H18N2S. The molecule has 3 rings (SSSR count). The molecule has 1 saturated carbocycles. The van der Waals surface area contributed by atoms with Gasteiger partial charge in [0.15, 0.2) is 0 Å². The predicted octanol–water partition coefficient (Wildman–Crippen LogP) is 2.10. The third kappa shape index (κ3) is 2.10. The van der Waals surface area contributed by atoms with Crippen LogP contribution in [0.4, 0.5) is 0 Å². The molecule has 1 saturated heterocycles. The maximum Gasteiger partial charge on any atom is 0.0470 e. The summed E-state index contributed by atoms with van der Waals surface area (Å²) in [6.07, 6.45) is 2.87. The van der Waals surface area contributed by atoms with Gasteiger partial charge < -0.3 is 5.32 Å². The number of nitrogens with zero attached hydrogens (tertiary/aromatic N) is 1. The molecule has 0 spiro atoms. The molecule has 0 amide bonds. The van der Waals surface area contributed by atoms with Gasteiger partial charge in [0.2, 0.25) is 0 Å². The minimum Gasteiger partial charge on any atom is -0.314 e. The lowest BCUT2D eigenvalue weighted by Crippen LogP contribution is -2.45. The van der Waals surface area contributed by atoms with E-state index in [4.69, 9.17) is 0 Å². The summed E-state index contributed by atoms with van der Waals surface area (Å²) in [5.74, 6) is 0.946. The Kier molecular flexibility index (Phi) is 2.77. The SMILES string of the molecule is c1csc([C@@H](C2CC2)N2CCNCC2)c1. The van der Waals surface area contributed by atoms with Crippen molar-refractivity contribution in [2.24, 2.45) is 5.92 Å². The molecule has 82 valence electrons. The van der Waals surface area contributed by atoms with Gasteiger partial charge >= 0.3 is 0 Å². The van der Waals surface area contributed by atoms with Gasteiger partial charge in [-0.25, -0.2) is 0 Å². The van der Waals surface area contributed by atoms with E-state index in [1.807, 2.05) is 11.3 Å². The summed E-state index contributed by atoms with van der Waals surface area (Å²) in [7, 11) is 0. The van der Waals surface area contributed by atoms with Crippen molar-refractivity contribution < 1.29 is 0 Å². The summed E-state index contributed by atoms with van der Waals surface area (Å²) >= 11 is 1.93. The van der Waals surface area contributed by atoms with Gasteiger partial charge in [0.05, 0.1) is 0 Å². The lowest BCUT2D eigenvalue weighted by molar-refractivity contribution is 0.159. The molecule has 1 N–H and O–H groups in total. The fourth-order valence-electron chi connectivity index (χ4n) is 2.54. The van der Waals surface area contributed by atoms with Crippen molar-refractivity contribution in [2.75, 3.05) is 26.2 Å². The Bertz CT molecular complexity index is 299. The van der Waals surface area contributed by atoms with Crippen LogP contribution in [0.2, 0.25) is 0 Å². The maximum absolute atomic E-state index is 3.44. The summed E-state index contributed by atoms with van der Waals surface area (Å²) in [6.45, 7) is 4.77. The van der Waals surface area contributed by atoms with Crippen molar-refractivity contribution in [3.05, 3.63) is 22.4 Å². The molecule has 1 aromatic heterocycles. The Hall–Kier alpha value is -0.380. The molecule has 0 aromatic carbocycles. The van der Waals surface area contributed by atoms with Crippen molar-refractivity contribution in [1.29, 1.82) is 0 Å². The van der Waals surface area contributed by atoms with Crippen LogP contribution < -0.4 is 5.32 Å². The highest BCUT2D eigenvalue weighted by Crippen LogP contribution is 2.45. The normalized spacial score (nSPS) is 25.3. The Morgan fingerprint density at radius 2 is 2.13 bits per heavy atom. The lowest BCUT2D eigenvalue weighted by Gasteiger charge is -2.34. The largest absolute Gasteiger partial charge is 0.314 e. The zero-order valence-electron chi connectivity index (χ0n) is 8.98. The first-order valence-electron chi connectivity index (χ1n) is 5.93. The van der Waals surface area contributed by atoms with Gasteiger partial charge in [-0.15, -0.1) is 11.3 Å². The molecule has 3 heteroatoms. The zero-order valence-corrected chi connectivity index (χ0v) is 9.80. The molecule has 2 fully saturated rings. The lowest BCUT2D eigenvalue weighted by atomic mass is 10.1. The smallest absolute Gasteiger partial charge is 0.0470 e. The summed E-state index contributed by atoms with van der Waals surface area (Å²) < 4.78 is 0. The topological polar surface area (TPSA) is 15.3 Å². The number of thiophene rings is 1. The molecule has 1 aliphatic heterocycles. The second-order valence-electron chi connectivity index (χ2n) is 4.58. The molecule has 0 bridgehead atoms. The first kappa shape index (κ1) is 9.82. The van der Waals surface area contributed by atoms with E-state index in [9.17, 15) is 0 Å². The van der Waals surface area contributed by atoms with E-state index in [0.717, 1.165) is 25.0 Å². The van der Waals surface area contributed by atoms with Crippen LogP contribution in [-0.2, 0) is 0 Å². The van der Waals surface area contributed by atoms with Crippen LogP contribution in [0.1, 0.15) is 23.8 Å². The predicted molar refractivity (Wildman–Crippen MR) is 64.2 cm³/mol. The fraction of sp³-hybridized carbons (Fsp3) is 0.667. The molecule has 2 nitrogen and oxygen atoms in total. The molecule has 0 unspecified atom stereocenters. The van der Waals surface area contributed by atoms with Gasteiger partial charge in [-0.3, -0.25) is 4.90 Å². The summed E-state index contributed by atoms with van der Waals surface area (Å²) in [5.41, 5.74) is 0. The highest BCUT2D eigenvalue weighted by Gasteiger charge is 2.37. The van der Waals surface area contributed by atoms with Gasteiger partial charge in [0.1, 0.15) is 0 Å². The minimum absolute atomic E-state index is 0.729. The quantitative estimate of drug-likeness (QED) is 0.842. The van der Waals surface area contributed by atoms with E-state index in [1.54, 1.807) is 4.88 Å². The Morgan fingerprint density at radius 3 is 2.73 bits per heavy atom. The Morgan fingerprint density at radius 1 is 1.33 bits per heavy atom. The van der Waals surface area contributed by atoms with Crippen LogP contribution in [-0.4, -0.2) is 31.1 Å². The van der Waals surface area contributed by atoms with Crippen molar-refractivity contribution >= 4 is 11.3 Å². The summed E-state index contributed by atoms with van der Waals surface area (Å²) in [4.78, 5) is 4.26. The monoisotopic (exact) mass is 222 g/mol. The van der Waals surface area contributed by atoms with Gasteiger partial charge in [-0.1, -0.05) is 6.07 Å². The highest BCUT2D eigenvalue weighted by molar-refractivity contribution is 7.10. The molecule has 2 aliphatic rings. The van der Waals surface area contributed by atoms with Crippen LogP contribution in [0, 0.1) is 5.92 Å². The van der Waals surface area contributed by atoms with Gasteiger partial charge in [-0.2, -0.15) is 0 Å². The van der Waals surface area contributed by atoms with Crippen LogP contribution >= 0.6 is 11.3 Å². The van der Waals surface area contributed by atoms with E-state index in [1.165, 1.54) is 25.9 Å². The van der Waals surface area contributed by atoms with Gasteiger partial charge in [-0.05, 0) is 30.2 Å². The number of nitrogens with one attached hydrogen (secondary N) is 1. The highest BCUT2D eigenvalue weighted by atomic mass is 32.1. The van der Waals surface area contributed by atoms with Crippen molar-refractivity contribution in [3.63, 3.8) is 0 Å². The first-order valence-corrected chi connectivity index (χ1v) is 6.81. The molecule has 2 heterocycles. The number of rotatable bonds is 3. The van der Waals surface area contributed by atoms with E-state index < -0.39 is 0 Å². The molecular weight excluding hydrogens is 204 g/mol. The van der Waals surface area contributed by atoms with E-state index >= 15 is 0 Å². The van der Waals surface area contributed by atoms with Crippen LogP contribution in [0.3, 0.4) is 0 Å². The summed E-state index contributed by atoms with van der Waals surface area (Å²) in [5, 5.41) is 5.65. The first-order chi connectivity index (χ1) is 7.45. The van der Waals surface area contributed by atoms with E-state index in [-0.39, 0.29) is 0 Å². The standard InChI is InChI=1S/C12H18N2S/c1-2-11(15-9-1)12(10-3-4-10)14-7-5-13-6-8-14/h1-2,9-10,12-13H,3-8H2/t12-/m1/s1. The zero-order chi connectivity index (χ0) is 10.1. The number of hydrogen-bond donors (Lipinski definition) is 1. The second kappa shape index (κ2) is 4.24. The molecule has 1 aromatic rings. The Labute approximate surface area is 95.3 Å². The number of hydrogen-bond acceptors (Lipinski definition) is 3. The fourth-order valence-corrected chi connectivity index (χ4v) is 3.49. The molecule has 15 heavy (non-hydrogen) atoms. The van der Waals surface area contributed by atoms with Crippen molar-refractivity contribution in [2.45, 2.75) is 18.9 Å². The number of piperazine rings is 1. The maximum atomic E-state index is 3.44. The molecule has 1 aliphatic carbocycles. The molecule has 1 atom stereocenters. The second-order valence-corrected chi connectivity index (χ2v) is 5.56. The van der Waals surface area contributed by atoms with Gasteiger partial charge in [0, 0.05) is 37.1 Å². The third-order valence-electron chi connectivity index (χ3n) is 3.45. The van der Waals surface area contributed by atoms with E-state index in [2.05, 4.69) is 27.7 Å². The van der Waals surface area contributed by atoms with Crippen LogP contribution in [0.5, 0.6) is 0 Å². The Balaban J connectivity index is 1.77. The van der Waals surface area contributed by atoms with Crippen molar-refractivity contribution in [3.8, 4) is 0 Å². The van der Waals surface area contributed by atoms with Crippen molar-refractivity contribution in [1.82, 2.24) is 10.2 Å². The third-order valence-corrected chi connectivity index (χ3v) is 4.39. The minimum atomic E-state index is 0.729. The summed E-state index contributed by atoms with van der Waals surface area (Å²) in [6, 6.07) is 5.24.